The molecule has 32 heavy (non-hydrogen) atoms. The van der Waals surface area contributed by atoms with E-state index in [1.165, 1.54) is 0 Å². The standard InChI is InChI=1S/C25H28ClNO5/c1-5-9-27(10-8-26)21-12-18(7-6-15(21)2)25(30)31-14-20-17(4)23(29)24-19(13-22(20)28)11-16(3)32-24/h6-7,11-12H,5,8-10,13-14H2,1-4H3. The van der Waals surface area contributed by atoms with Gasteiger partial charge < -0.3 is 14.1 Å². The number of esters is 1. The van der Waals surface area contributed by atoms with E-state index in [-0.39, 0.29) is 41.5 Å². The second kappa shape index (κ2) is 10.2. The smallest absolute Gasteiger partial charge is 0.338 e. The fourth-order valence-corrected chi connectivity index (χ4v) is 4.10. The first-order valence-electron chi connectivity index (χ1n) is 10.7. The van der Waals surface area contributed by atoms with Crippen LogP contribution in [0, 0.1) is 13.8 Å². The van der Waals surface area contributed by atoms with Crippen LogP contribution in [0.4, 0.5) is 5.69 Å². The number of anilines is 1. The van der Waals surface area contributed by atoms with Crippen LogP contribution in [0.3, 0.4) is 0 Å². The molecule has 0 radical (unpaired) electrons. The van der Waals surface area contributed by atoms with Crippen LogP contribution in [0.2, 0.25) is 0 Å². The maximum atomic E-state index is 12.8. The normalized spacial score (nSPS) is 13.8. The molecule has 0 unspecified atom stereocenters. The molecular weight excluding hydrogens is 430 g/mol. The summed E-state index contributed by atoms with van der Waals surface area (Å²) >= 11 is 5.95. The number of benzene rings is 1. The summed E-state index contributed by atoms with van der Waals surface area (Å²) in [7, 11) is 0. The minimum Gasteiger partial charge on any atom is -0.458 e. The number of Topliss-reactive ketones (excluding diaryl/α,β-unsaturated/α-hetero) is 2. The molecule has 7 heteroatoms. The lowest BCUT2D eigenvalue weighted by molar-refractivity contribution is -0.115. The first-order chi connectivity index (χ1) is 15.3. The van der Waals surface area contributed by atoms with Crippen molar-refractivity contribution >= 4 is 34.8 Å². The molecule has 0 amide bonds. The summed E-state index contributed by atoms with van der Waals surface area (Å²) < 4.78 is 10.9. The van der Waals surface area contributed by atoms with E-state index in [1.807, 2.05) is 13.0 Å². The maximum absolute atomic E-state index is 12.8. The van der Waals surface area contributed by atoms with Crippen LogP contribution in [0.25, 0.3) is 0 Å². The topological polar surface area (TPSA) is 76.8 Å². The Bertz CT molecular complexity index is 1080. The summed E-state index contributed by atoms with van der Waals surface area (Å²) in [6.45, 7) is 8.60. The van der Waals surface area contributed by atoms with E-state index in [2.05, 4.69) is 11.8 Å². The highest BCUT2D eigenvalue weighted by molar-refractivity contribution is 6.18. The van der Waals surface area contributed by atoms with Crippen molar-refractivity contribution in [2.75, 3.05) is 30.5 Å². The fraction of sp³-hybridized carbons (Fsp3) is 0.400. The van der Waals surface area contributed by atoms with E-state index in [0.29, 0.717) is 29.3 Å². The van der Waals surface area contributed by atoms with Gasteiger partial charge in [0.25, 0.3) is 0 Å². The van der Waals surface area contributed by atoms with Crippen molar-refractivity contribution in [2.24, 2.45) is 0 Å². The lowest BCUT2D eigenvalue weighted by atomic mass is 10.0. The van der Waals surface area contributed by atoms with E-state index >= 15 is 0 Å². The van der Waals surface area contributed by atoms with E-state index < -0.39 is 5.97 Å². The average molecular weight is 458 g/mol. The molecule has 0 atom stereocenters. The maximum Gasteiger partial charge on any atom is 0.338 e. The number of halogens is 1. The fourth-order valence-electron chi connectivity index (χ4n) is 3.90. The molecule has 1 aromatic heterocycles. The van der Waals surface area contributed by atoms with Crippen molar-refractivity contribution in [3.63, 3.8) is 0 Å². The van der Waals surface area contributed by atoms with Gasteiger partial charge in [-0.1, -0.05) is 13.0 Å². The molecular formula is C25H28ClNO5. The van der Waals surface area contributed by atoms with Gasteiger partial charge in [0.2, 0.25) is 5.78 Å². The third-order valence-corrected chi connectivity index (χ3v) is 5.77. The number of hydrogen-bond donors (Lipinski definition) is 0. The number of nitrogens with zero attached hydrogens (tertiary/aromatic N) is 1. The Morgan fingerprint density at radius 3 is 2.59 bits per heavy atom. The zero-order valence-corrected chi connectivity index (χ0v) is 19.7. The van der Waals surface area contributed by atoms with Crippen LogP contribution in [-0.2, 0) is 16.0 Å². The Labute approximate surface area is 193 Å². The molecule has 1 heterocycles. The Morgan fingerprint density at radius 1 is 1.16 bits per heavy atom. The molecule has 1 aliphatic carbocycles. The molecule has 0 spiro atoms. The molecule has 2 aromatic rings. The second-order valence-electron chi connectivity index (χ2n) is 8.00. The van der Waals surface area contributed by atoms with Crippen molar-refractivity contribution in [1.82, 2.24) is 0 Å². The second-order valence-corrected chi connectivity index (χ2v) is 8.38. The number of carbonyl (C=O) groups excluding carboxylic acids is 3. The van der Waals surface area contributed by atoms with Gasteiger partial charge in [-0.15, -0.1) is 11.6 Å². The minimum atomic E-state index is -0.550. The first-order valence-corrected chi connectivity index (χ1v) is 11.3. The van der Waals surface area contributed by atoms with Crippen LogP contribution in [0.1, 0.15) is 58.1 Å². The molecule has 0 N–H and O–H groups in total. The molecule has 170 valence electrons. The predicted octanol–water partition coefficient (Wildman–Crippen LogP) is 4.83. The van der Waals surface area contributed by atoms with Crippen molar-refractivity contribution in [1.29, 1.82) is 0 Å². The molecule has 1 aromatic carbocycles. The Balaban J connectivity index is 1.79. The lowest BCUT2D eigenvalue weighted by Gasteiger charge is -2.25. The molecule has 6 nitrogen and oxygen atoms in total. The molecule has 0 saturated carbocycles. The summed E-state index contributed by atoms with van der Waals surface area (Å²) in [6.07, 6.45) is 0.993. The number of furan rings is 1. The molecule has 0 fully saturated rings. The van der Waals surface area contributed by atoms with Gasteiger partial charge >= 0.3 is 5.97 Å². The van der Waals surface area contributed by atoms with Crippen LogP contribution >= 0.6 is 11.6 Å². The summed E-state index contributed by atoms with van der Waals surface area (Å²) in [5.41, 5.74) is 3.36. The molecule has 0 bridgehead atoms. The van der Waals surface area contributed by atoms with Crippen LogP contribution in [-0.4, -0.2) is 43.1 Å². The number of aryl methyl sites for hydroxylation is 2. The molecule has 3 rings (SSSR count). The number of ether oxygens (including phenoxy) is 1. The van der Waals surface area contributed by atoms with Crippen molar-refractivity contribution in [2.45, 2.75) is 40.5 Å². The number of ketones is 2. The van der Waals surface area contributed by atoms with Crippen LogP contribution in [0.5, 0.6) is 0 Å². The number of carbonyl (C=O) groups is 3. The number of fused-ring (bicyclic) bond motifs is 1. The third kappa shape index (κ3) is 4.96. The predicted molar refractivity (Wildman–Crippen MR) is 124 cm³/mol. The van der Waals surface area contributed by atoms with Gasteiger partial charge in [-0.25, -0.2) is 4.79 Å². The Kier molecular flexibility index (Phi) is 7.56. The van der Waals surface area contributed by atoms with Gasteiger partial charge in [-0.05, 0) is 51.0 Å². The molecule has 1 aliphatic rings. The van der Waals surface area contributed by atoms with E-state index in [9.17, 15) is 14.4 Å². The Morgan fingerprint density at radius 2 is 1.91 bits per heavy atom. The van der Waals surface area contributed by atoms with Crippen molar-refractivity contribution in [3.05, 3.63) is 63.6 Å². The van der Waals surface area contributed by atoms with Gasteiger partial charge in [0, 0.05) is 47.8 Å². The van der Waals surface area contributed by atoms with Crippen LogP contribution < -0.4 is 4.90 Å². The summed E-state index contributed by atoms with van der Waals surface area (Å²) in [5.74, 6) is 0.107. The van der Waals surface area contributed by atoms with E-state index in [0.717, 1.165) is 24.2 Å². The van der Waals surface area contributed by atoms with E-state index in [4.69, 9.17) is 20.8 Å². The highest BCUT2D eigenvalue weighted by atomic mass is 35.5. The van der Waals surface area contributed by atoms with E-state index in [1.54, 1.807) is 32.0 Å². The average Bonchev–Trinajstić information content (AvgIpc) is 3.09. The minimum absolute atomic E-state index is 0.0434. The zero-order valence-electron chi connectivity index (χ0n) is 18.9. The largest absolute Gasteiger partial charge is 0.458 e. The number of rotatable bonds is 8. The highest BCUT2D eigenvalue weighted by Gasteiger charge is 2.30. The Hall–Kier alpha value is -2.86. The number of allylic oxidation sites excluding steroid dienone is 1. The van der Waals surface area contributed by atoms with Gasteiger partial charge in [-0.2, -0.15) is 0 Å². The molecule has 0 saturated heterocycles. The van der Waals surface area contributed by atoms with Gasteiger partial charge in [0.05, 0.1) is 5.56 Å². The quantitative estimate of drug-likeness (QED) is 0.417. The molecule has 0 aliphatic heterocycles. The first kappa shape index (κ1) is 23.8. The summed E-state index contributed by atoms with van der Waals surface area (Å²) in [5, 5.41) is 0. The van der Waals surface area contributed by atoms with Gasteiger partial charge in [0.1, 0.15) is 12.4 Å². The van der Waals surface area contributed by atoms with Crippen molar-refractivity contribution < 1.29 is 23.5 Å². The van der Waals surface area contributed by atoms with Crippen LogP contribution in [0.15, 0.2) is 39.8 Å². The monoisotopic (exact) mass is 457 g/mol. The lowest BCUT2D eigenvalue weighted by Crippen LogP contribution is -2.27. The van der Waals surface area contributed by atoms with Gasteiger partial charge in [-0.3, -0.25) is 9.59 Å². The van der Waals surface area contributed by atoms with Gasteiger partial charge in [0.15, 0.2) is 11.5 Å². The highest BCUT2D eigenvalue weighted by Crippen LogP contribution is 2.27. The number of alkyl halides is 1. The SMILES string of the molecule is CCCN(CCCl)c1cc(C(=O)OCC2=C(C)C(=O)c3oc(C)cc3CC2=O)ccc1C. The zero-order chi connectivity index (χ0) is 23.4. The number of hydrogen-bond acceptors (Lipinski definition) is 6. The third-order valence-electron chi connectivity index (χ3n) is 5.60. The van der Waals surface area contributed by atoms with Crippen molar-refractivity contribution in [3.8, 4) is 0 Å². The summed E-state index contributed by atoms with van der Waals surface area (Å²) in [6, 6.07) is 7.06. The summed E-state index contributed by atoms with van der Waals surface area (Å²) in [4.78, 5) is 40.4.